The fourth-order valence-corrected chi connectivity index (χ4v) is 6.77. The van der Waals surface area contributed by atoms with Crippen LogP contribution in [0.15, 0.2) is 83.6 Å². The quantitative estimate of drug-likeness (QED) is 0.495. The summed E-state index contributed by atoms with van der Waals surface area (Å²) in [4.78, 5) is 12.5. The first-order chi connectivity index (χ1) is 12.8. The molecule has 3 aromatic carbocycles. The summed E-state index contributed by atoms with van der Waals surface area (Å²) in [5.41, 5.74) is 0. The first-order valence-corrected chi connectivity index (χ1v) is 10.2. The van der Waals surface area contributed by atoms with Crippen LogP contribution in [0.5, 0.6) is 11.5 Å². The first kappa shape index (κ1) is 16.6. The Hall–Kier alpha value is -2.84. The number of rotatable bonds is 2. The van der Waals surface area contributed by atoms with E-state index in [-0.39, 0.29) is 6.61 Å². The molecule has 0 unspecified atom stereocenters. The van der Waals surface area contributed by atoms with E-state index in [1.165, 1.54) is 0 Å². The van der Waals surface area contributed by atoms with Crippen LogP contribution >= 0.6 is 7.05 Å². The van der Waals surface area contributed by atoms with Crippen LogP contribution in [0.2, 0.25) is 0 Å². The number of nitrogens with zero attached hydrogens (tertiary/aromatic N) is 1. The maximum atomic E-state index is 12.5. The smallest absolute Gasteiger partial charge is 0.433 e. The molecule has 0 bridgehead atoms. The molecule has 0 N–H and O–H groups in total. The van der Waals surface area contributed by atoms with E-state index < -0.39 is 13.1 Å². The zero-order chi connectivity index (χ0) is 18.0. The highest BCUT2D eigenvalue weighted by Gasteiger charge is 2.37. The van der Waals surface area contributed by atoms with Gasteiger partial charge in [0, 0.05) is 15.9 Å². The Bertz CT molecular complexity index is 965. The highest BCUT2D eigenvalue weighted by atomic mass is 31.2. The standard InChI is InChI=1S/C21H18NO3P/c1-2-24-21(23)22-26(16-10-4-3-5-11-16)19-14-8-6-12-17(19)25-18-13-7-9-15-20(18)26/h3-15H,2H2,1H3. The van der Waals surface area contributed by atoms with Crippen LogP contribution in [0.3, 0.4) is 0 Å². The molecule has 0 atom stereocenters. The minimum Gasteiger partial charge on any atom is -0.456 e. The largest absolute Gasteiger partial charge is 0.456 e. The van der Waals surface area contributed by atoms with Gasteiger partial charge in [0.25, 0.3) is 0 Å². The highest BCUT2D eigenvalue weighted by Crippen LogP contribution is 2.54. The zero-order valence-electron chi connectivity index (χ0n) is 14.3. The summed E-state index contributed by atoms with van der Waals surface area (Å²) in [6, 6.07) is 25.5. The molecule has 0 saturated carbocycles. The predicted octanol–water partition coefficient (Wildman–Crippen LogP) is 4.43. The van der Waals surface area contributed by atoms with Gasteiger partial charge in [-0.3, -0.25) is 0 Å². The summed E-state index contributed by atoms with van der Waals surface area (Å²) >= 11 is 0. The van der Waals surface area contributed by atoms with E-state index in [1.54, 1.807) is 6.92 Å². The number of amides is 1. The summed E-state index contributed by atoms with van der Waals surface area (Å²) < 4.78 is 16.0. The van der Waals surface area contributed by atoms with Crippen LogP contribution in [-0.4, -0.2) is 12.7 Å². The Morgan fingerprint density at radius 1 is 0.885 bits per heavy atom. The molecule has 1 amide bonds. The molecule has 1 aliphatic heterocycles. The summed E-state index contributed by atoms with van der Waals surface area (Å²) in [7, 11) is -2.58. The molecule has 26 heavy (non-hydrogen) atoms. The molecule has 0 aliphatic carbocycles. The van der Waals surface area contributed by atoms with Gasteiger partial charge in [0.05, 0.1) is 13.7 Å². The number of fused-ring (bicyclic) bond motifs is 2. The molecule has 4 nitrogen and oxygen atoms in total. The third-order valence-corrected chi connectivity index (χ3v) is 7.92. The van der Waals surface area contributed by atoms with Crippen LogP contribution < -0.4 is 20.7 Å². The van der Waals surface area contributed by atoms with E-state index in [4.69, 9.17) is 9.47 Å². The van der Waals surface area contributed by atoms with Crippen LogP contribution in [-0.2, 0) is 4.74 Å². The third kappa shape index (κ3) is 2.63. The van der Waals surface area contributed by atoms with Gasteiger partial charge in [-0.2, -0.15) is 4.74 Å². The molecule has 4 rings (SSSR count). The normalized spacial score (nSPS) is 13.7. The van der Waals surface area contributed by atoms with Crippen molar-refractivity contribution in [2.75, 3.05) is 6.61 Å². The van der Waals surface area contributed by atoms with Gasteiger partial charge in [0.15, 0.2) is 0 Å². The minimum atomic E-state index is -2.58. The van der Waals surface area contributed by atoms with Crippen molar-refractivity contribution in [3.8, 4) is 11.5 Å². The lowest BCUT2D eigenvalue weighted by atomic mass is 10.3. The number of hydrogen-bond donors (Lipinski definition) is 0. The van der Waals surface area contributed by atoms with Crippen molar-refractivity contribution in [2.24, 2.45) is 4.74 Å². The number of benzene rings is 3. The molecule has 1 heterocycles. The molecule has 0 fully saturated rings. The monoisotopic (exact) mass is 363 g/mol. The maximum Gasteiger partial charge on any atom is 0.433 e. The Morgan fingerprint density at radius 3 is 2.00 bits per heavy atom. The topological polar surface area (TPSA) is 47.9 Å². The number of carbonyl (C=O) groups excluding carboxylic acids is 1. The Labute approximate surface area is 152 Å². The molecule has 3 aromatic rings. The number of hydrogen-bond acceptors (Lipinski definition) is 3. The second kappa shape index (κ2) is 6.81. The van der Waals surface area contributed by atoms with Gasteiger partial charge in [0.2, 0.25) is 0 Å². The highest BCUT2D eigenvalue weighted by molar-refractivity contribution is 7.88. The molecule has 0 spiro atoms. The van der Waals surface area contributed by atoms with Gasteiger partial charge in [-0.05, 0) is 31.2 Å². The molecular formula is C21H18NO3P. The van der Waals surface area contributed by atoms with E-state index in [0.717, 1.165) is 27.4 Å². The summed E-state index contributed by atoms with van der Waals surface area (Å²) in [5, 5.41) is 2.85. The second-order valence-electron chi connectivity index (χ2n) is 5.81. The van der Waals surface area contributed by atoms with Crippen molar-refractivity contribution in [3.05, 3.63) is 78.9 Å². The average Bonchev–Trinajstić information content (AvgIpc) is 2.68. The van der Waals surface area contributed by atoms with Gasteiger partial charge in [-0.25, -0.2) is 4.79 Å². The van der Waals surface area contributed by atoms with Crippen LogP contribution in [0.25, 0.3) is 0 Å². The van der Waals surface area contributed by atoms with E-state index in [0.29, 0.717) is 0 Å². The van der Waals surface area contributed by atoms with Crippen LogP contribution in [0, 0.1) is 0 Å². The van der Waals surface area contributed by atoms with Crippen molar-refractivity contribution in [1.82, 2.24) is 0 Å². The lowest BCUT2D eigenvalue weighted by Crippen LogP contribution is -2.31. The number of carbonyl (C=O) groups is 1. The lowest BCUT2D eigenvalue weighted by molar-refractivity contribution is 0.164. The second-order valence-corrected chi connectivity index (χ2v) is 8.76. The lowest BCUT2D eigenvalue weighted by Gasteiger charge is -2.33. The van der Waals surface area contributed by atoms with Crippen molar-refractivity contribution >= 4 is 29.1 Å². The van der Waals surface area contributed by atoms with Crippen molar-refractivity contribution in [2.45, 2.75) is 6.92 Å². The third-order valence-electron chi connectivity index (χ3n) is 4.28. The van der Waals surface area contributed by atoms with Crippen LogP contribution in [0.1, 0.15) is 6.92 Å². The van der Waals surface area contributed by atoms with Gasteiger partial charge >= 0.3 is 6.09 Å². The SMILES string of the molecule is CCOC(=O)N=P1(c2ccccc2)c2ccccc2Oc2ccccc21. The van der Waals surface area contributed by atoms with E-state index in [1.807, 2.05) is 78.9 Å². The Morgan fingerprint density at radius 2 is 1.42 bits per heavy atom. The van der Waals surface area contributed by atoms with Gasteiger partial charge < -0.3 is 9.47 Å². The number of ether oxygens (including phenoxy) is 2. The summed E-state index contributed by atoms with van der Waals surface area (Å²) in [5.74, 6) is 1.47. The summed E-state index contributed by atoms with van der Waals surface area (Å²) in [6.07, 6.45) is -0.545. The molecule has 0 saturated heterocycles. The Kier molecular flexibility index (Phi) is 4.36. The maximum absolute atomic E-state index is 12.5. The van der Waals surface area contributed by atoms with Crippen molar-refractivity contribution < 1.29 is 14.3 Å². The Balaban J connectivity index is 2.13. The predicted molar refractivity (Wildman–Crippen MR) is 105 cm³/mol. The first-order valence-electron chi connectivity index (χ1n) is 8.47. The number of para-hydroxylation sites is 2. The molecule has 0 radical (unpaired) electrons. The van der Waals surface area contributed by atoms with Crippen LogP contribution in [0.4, 0.5) is 4.79 Å². The molecule has 130 valence electrons. The van der Waals surface area contributed by atoms with Crippen molar-refractivity contribution in [3.63, 3.8) is 0 Å². The van der Waals surface area contributed by atoms with Crippen molar-refractivity contribution in [1.29, 1.82) is 0 Å². The van der Waals surface area contributed by atoms with E-state index in [2.05, 4.69) is 4.74 Å². The van der Waals surface area contributed by atoms with Gasteiger partial charge in [-0.15, -0.1) is 0 Å². The zero-order valence-corrected chi connectivity index (χ0v) is 15.2. The molecular weight excluding hydrogens is 345 g/mol. The van der Waals surface area contributed by atoms with E-state index >= 15 is 0 Å². The molecule has 0 aromatic heterocycles. The molecule has 1 aliphatic rings. The fourth-order valence-electron chi connectivity index (χ4n) is 3.23. The fraction of sp³-hybridized carbons (Fsp3) is 0.0952. The van der Waals surface area contributed by atoms with Gasteiger partial charge in [-0.1, -0.05) is 54.6 Å². The molecule has 5 heteroatoms. The van der Waals surface area contributed by atoms with E-state index in [9.17, 15) is 4.79 Å². The van der Waals surface area contributed by atoms with Gasteiger partial charge in [0.1, 0.15) is 11.5 Å². The summed E-state index contributed by atoms with van der Waals surface area (Å²) in [6.45, 7) is 2.07. The average molecular weight is 363 g/mol. The minimum absolute atomic E-state index is 0.289.